The van der Waals surface area contributed by atoms with Crippen molar-refractivity contribution >= 4 is 23.1 Å². The van der Waals surface area contributed by atoms with Gasteiger partial charge in [0.05, 0.1) is 13.2 Å². The lowest BCUT2D eigenvalue weighted by atomic mass is 9.70. The van der Waals surface area contributed by atoms with Gasteiger partial charge in [0.25, 0.3) is 0 Å². The van der Waals surface area contributed by atoms with Gasteiger partial charge in [-0.05, 0) is 67.6 Å². The quantitative estimate of drug-likeness (QED) is 0.782. The van der Waals surface area contributed by atoms with Gasteiger partial charge in [-0.15, -0.1) is 0 Å². The zero-order valence-electron chi connectivity index (χ0n) is 16.4. The third kappa shape index (κ3) is 4.09. The highest BCUT2D eigenvalue weighted by molar-refractivity contribution is 6.30. The van der Waals surface area contributed by atoms with Crippen molar-refractivity contribution in [3.8, 4) is 0 Å². The standard InChI is InChI=1S/C23H28ClN3O/c1-28-13-8-18-5-3-6-19-15-23(9-11-25-12-10-23)22(27-21(18)19)26-16-17-4-2-7-20(24)14-17/h2-7,14,25H,8-13,15-16H2,1H3,(H,26,27). The van der Waals surface area contributed by atoms with E-state index in [0.29, 0.717) is 6.54 Å². The molecule has 5 heteroatoms. The molecule has 0 amide bonds. The zero-order chi connectivity index (χ0) is 19.4. The number of piperidine rings is 1. The van der Waals surface area contributed by atoms with E-state index >= 15 is 0 Å². The average molecular weight is 398 g/mol. The van der Waals surface area contributed by atoms with Crippen molar-refractivity contribution in [2.24, 2.45) is 10.4 Å². The van der Waals surface area contributed by atoms with Gasteiger partial charge in [0.15, 0.2) is 0 Å². The lowest BCUT2D eigenvalue weighted by Crippen LogP contribution is -2.49. The number of hydrogen-bond acceptors (Lipinski definition) is 3. The summed E-state index contributed by atoms with van der Waals surface area (Å²) in [5.41, 5.74) is 5.17. The predicted octanol–water partition coefficient (Wildman–Crippen LogP) is 4.47. The monoisotopic (exact) mass is 397 g/mol. The third-order valence-corrected chi connectivity index (χ3v) is 6.19. The van der Waals surface area contributed by atoms with Crippen LogP contribution in [-0.2, 0) is 24.1 Å². The Morgan fingerprint density at radius 3 is 2.75 bits per heavy atom. The minimum atomic E-state index is 0.0940. The highest BCUT2D eigenvalue weighted by Gasteiger charge is 2.41. The van der Waals surface area contributed by atoms with Crippen LogP contribution in [0.4, 0.5) is 5.69 Å². The number of fused-ring (bicyclic) bond motifs is 1. The Morgan fingerprint density at radius 2 is 1.96 bits per heavy atom. The fraction of sp³-hybridized carbons (Fsp3) is 0.435. The molecule has 0 atom stereocenters. The number of methoxy groups -OCH3 is 1. The van der Waals surface area contributed by atoms with Crippen LogP contribution in [0.5, 0.6) is 0 Å². The smallest absolute Gasteiger partial charge is 0.108 e. The molecular weight excluding hydrogens is 370 g/mol. The Balaban J connectivity index is 1.67. The summed E-state index contributed by atoms with van der Waals surface area (Å²) < 4.78 is 5.31. The van der Waals surface area contributed by atoms with Gasteiger partial charge in [0, 0.05) is 23.2 Å². The van der Waals surface area contributed by atoms with Gasteiger partial charge in [-0.3, -0.25) is 4.99 Å². The molecule has 0 bridgehead atoms. The van der Waals surface area contributed by atoms with Crippen molar-refractivity contribution in [3.63, 3.8) is 0 Å². The van der Waals surface area contributed by atoms with Gasteiger partial charge in [-0.1, -0.05) is 41.9 Å². The van der Waals surface area contributed by atoms with Crippen LogP contribution in [-0.4, -0.2) is 32.6 Å². The molecule has 0 unspecified atom stereocenters. The first kappa shape index (κ1) is 19.4. The molecule has 0 aliphatic carbocycles. The molecule has 2 aromatic carbocycles. The molecule has 4 rings (SSSR count). The number of ether oxygens (including phenoxy) is 1. The van der Waals surface area contributed by atoms with Gasteiger partial charge in [-0.25, -0.2) is 0 Å². The van der Waals surface area contributed by atoms with Crippen LogP contribution in [0.25, 0.3) is 0 Å². The SMILES string of the molecule is COCCc1cccc2c1NC(=NCc1cccc(Cl)c1)C1(CCNCC1)C2. The van der Waals surface area contributed by atoms with Crippen LogP contribution in [0, 0.1) is 5.41 Å². The largest absolute Gasteiger partial charge is 0.384 e. The number of aliphatic imine (C=N–C) groups is 1. The summed E-state index contributed by atoms with van der Waals surface area (Å²) in [5, 5.41) is 8.02. The van der Waals surface area contributed by atoms with E-state index < -0.39 is 0 Å². The van der Waals surface area contributed by atoms with Crippen molar-refractivity contribution in [2.75, 3.05) is 32.1 Å². The van der Waals surface area contributed by atoms with E-state index in [9.17, 15) is 0 Å². The van der Waals surface area contributed by atoms with Crippen molar-refractivity contribution in [2.45, 2.75) is 32.2 Å². The number of rotatable bonds is 5. The highest BCUT2D eigenvalue weighted by Crippen LogP contribution is 2.42. The third-order valence-electron chi connectivity index (χ3n) is 5.96. The van der Waals surface area contributed by atoms with Crippen molar-refractivity contribution in [1.82, 2.24) is 5.32 Å². The first-order valence-corrected chi connectivity index (χ1v) is 10.4. The molecular formula is C23H28ClN3O. The lowest BCUT2D eigenvalue weighted by Gasteiger charge is -2.43. The number of hydrogen-bond donors (Lipinski definition) is 2. The molecule has 0 aromatic heterocycles. The molecule has 2 heterocycles. The Labute approximate surface area is 172 Å². The highest BCUT2D eigenvalue weighted by atomic mass is 35.5. The lowest BCUT2D eigenvalue weighted by molar-refractivity contribution is 0.202. The second-order valence-electron chi connectivity index (χ2n) is 7.82. The molecule has 148 valence electrons. The van der Waals surface area contributed by atoms with Crippen molar-refractivity contribution in [3.05, 3.63) is 64.2 Å². The number of benzene rings is 2. The predicted molar refractivity (Wildman–Crippen MR) is 116 cm³/mol. The Kier molecular flexibility index (Phi) is 6.00. The van der Waals surface area contributed by atoms with Gasteiger partial charge >= 0.3 is 0 Å². The molecule has 2 aliphatic rings. The molecule has 1 spiro atoms. The van der Waals surface area contributed by atoms with Gasteiger partial charge in [-0.2, -0.15) is 0 Å². The Hall–Kier alpha value is -1.88. The van der Waals surface area contributed by atoms with Crippen molar-refractivity contribution < 1.29 is 4.74 Å². The molecule has 1 fully saturated rings. The molecule has 0 radical (unpaired) electrons. The van der Waals surface area contributed by atoms with E-state index in [1.54, 1.807) is 7.11 Å². The zero-order valence-corrected chi connectivity index (χ0v) is 17.2. The normalized spacial score (nSPS) is 19.4. The van der Waals surface area contributed by atoms with Gasteiger partial charge in [0.1, 0.15) is 5.84 Å². The van der Waals surface area contributed by atoms with E-state index in [4.69, 9.17) is 21.3 Å². The average Bonchev–Trinajstić information content (AvgIpc) is 2.71. The molecule has 0 saturated carbocycles. The molecule has 2 aromatic rings. The van der Waals surface area contributed by atoms with Crippen LogP contribution in [0.3, 0.4) is 0 Å². The second kappa shape index (κ2) is 8.64. The van der Waals surface area contributed by atoms with Crippen LogP contribution in [0.1, 0.15) is 29.5 Å². The summed E-state index contributed by atoms with van der Waals surface area (Å²) >= 11 is 6.16. The van der Waals surface area contributed by atoms with E-state index in [2.05, 4.69) is 34.9 Å². The summed E-state index contributed by atoms with van der Waals surface area (Å²) in [6, 6.07) is 14.6. The van der Waals surface area contributed by atoms with Crippen LogP contribution in [0.15, 0.2) is 47.5 Å². The maximum absolute atomic E-state index is 6.16. The van der Waals surface area contributed by atoms with Crippen LogP contribution in [0.2, 0.25) is 5.02 Å². The fourth-order valence-corrected chi connectivity index (χ4v) is 4.63. The topological polar surface area (TPSA) is 45.6 Å². The van der Waals surface area contributed by atoms with E-state index in [1.807, 2.05) is 18.2 Å². The maximum Gasteiger partial charge on any atom is 0.108 e. The van der Waals surface area contributed by atoms with Crippen molar-refractivity contribution in [1.29, 1.82) is 0 Å². The van der Waals surface area contributed by atoms with E-state index in [-0.39, 0.29) is 5.41 Å². The summed E-state index contributed by atoms with van der Waals surface area (Å²) in [4.78, 5) is 5.08. The second-order valence-corrected chi connectivity index (χ2v) is 8.26. The molecule has 2 N–H and O–H groups in total. The Bertz CT molecular complexity index is 859. The number of amidine groups is 1. The molecule has 2 aliphatic heterocycles. The number of nitrogens with one attached hydrogen (secondary N) is 2. The minimum Gasteiger partial charge on any atom is -0.384 e. The molecule has 4 nitrogen and oxygen atoms in total. The minimum absolute atomic E-state index is 0.0940. The van der Waals surface area contributed by atoms with E-state index in [1.165, 1.54) is 16.8 Å². The van der Waals surface area contributed by atoms with Crippen LogP contribution >= 0.6 is 11.6 Å². The van der Waals surface area contributed by atoms with Gasteiger partial charge < -0.3 is 15.4 Å². The first-order chi connectivity index (χ1) is 13.7. The number of halogens is 1. The molecule has 28 heavy (non-hydrogen) atoms. The molecule has 1 saturated heterocycles. The summed E-state index contributed by atoms with van der Waals surface area (Å²) in [5.74, 6) is 1.13. The van der Waals surface area contributed by atoms with Crippen LogP contribution < -0.4 is 10.6 Å². The number of anilines is 1. The summed E-state index contributed by atoms with van der Waals surface area (Å²) in [7, 11) is 1.75. The number of nitrogens with zero attached hydrogens (tertiary/aromatic N) is 1. The summed E-state index contributed by atoms with van der Waals surface area (Å²) in [6.45, 7) is 3.45. The van der Waals surface area contributed by atoms with E-state index in [0.717, 1.165) is 61.8 Å². The number of para-hydroxylation sites is 1. The first-order valence-electron chi connectivity index (χ1n) is 10.1. The Morgan fingerprint density at radius 1 is 1.14 bits per heavy atom. The maximum atomic E-state index is 6.16. The summed E-state index contributed by atoms with van der Waals surface area (Å²) in [6.07, 6.45) is 4.17. The fourth-order valence-electron chi connectivity index (χ4n) is 4.41. The van der Waals surface area contributed by atoms with Gasteiger partial charge in [0.2, 0.25) is 0 Å².